The van der Waals surface area contributed by atoms with Crippen molar-refractivity contribution >= 4 is 66.8 Å². The highest BCUT2D eigenvalue weighted by atomic mass is 79.9. The predicted molar refractivity (Wildman–Crippen MR) is 144 cm³/mol. The molecule has 4 rings (SSSR count). The first-order chi connectivity index (χ1) is 17.4. The van der Waals surface area contributed by atoms with Crippen molar-refractivity contribution in [3.05, 3.63) is 61.4 Å². The third kappa shape index (κ3) is 6.50. The van der Waals surface area contributed by atoms with Crippen LogP contribution in [0.2, 0.25) is 0 Å². The average Bonchev–Trinajstić information content (AvgIpc) is 3.12. The van der Waals surface area contributed by atoms with Gasteiger partial charge in [0.15, 0.2) is 11.5 Å². The van der Waals surface area contributed by atoms with Gasteiger partial charge in [-0.15, -0.1) is 0 Å². The van der Waals surface area contributed by atoms with Gasteiger partial charge in [-0.2, -0.15) is 0 Å². The number of ether oxygens (including phenoxy) is 3. The van der Waals surface area contributed by atoms with Crippen LogP contribution in [0.5, 0.6) is 11.5 Å². The molecule has 190 valence electrons. The molecule has 2 heterocycles. The summed E-state index contributed by atoms with van der Waals surface area (Å²) in [5, 5.41) is -0.466. The Hall–Kier alpha value is -2.34. The number of morpholine rings is 1. The van der Waals surface area contributed by atoms with Crippen LogP contribution in [0.3, 0.4) is 0 Å². The Morgan fingerprint density at radius 1 is 1.11 bits per heavy atom. The number of carbonyl (C=O) groups excluding carboxylic acids is 3. The van der Waals surface area contributed by atoms with Gasteiger partial charge < -0.3 is 19.1 Å². The molecule has 2 fully saturated rings. The first-order valence-corrected chi connectivity index (χ1v) is 13.7. The molecule has 0 unspecified atom stereocenters. The maximum atomic E-state index is 12.9. The maximum Gasteiger partial charge on any atom is 0.294 e. The fourth-order valence-corrected chi connectivity index (χ4v) is 5.32. The summed E-state index contributed by atoms with van der Waals surface area (Å²) < 4.78 is 18.7. The molecular formula is C25H24Br2N2O6S. The van der Waals surface area contributed by atoms with Crippen LogP contribution in [0.1, 0.15) is 18.1 Å². The Balaban J connectivity index is 1.50. The number of nitrogens with zero attached hydrogens (tertiary/aromatic N) is 2. The van der Waals surface area contributed by atoms with Crippen molar-refractivity contribution in [1.29, 1.82) is 0 Å². The van der Waals surface area contributed by atoms with E-state index in [1.807, 2.05) is 31.2 Å². The van der Waals surface area contributed by atoms with E-state index in [0.717, 1.165) is 26.7 Å². The molecule has 0 bridgehead atoms. The molecule has 11 heteroatoms. The van der Waals surface area contributed by atoms with E-state index >= 15 is 0 Å². The number of rotatable bonds is 8. The van der Waals surface area contributed by atoms with Crippen molar-refractivity contribution < 1.29 is 28.6 Å². The molecule has 0 atom stereocenters. The first kappa shape index (κ1) is 26.7. The summed E-state index contributed by atoms with van der Waals surface area (Å²) in [6, 6.07) is 11.4. The molecule has 0 spiro atoms. The molecular weight excluding hydrogens is 616 g/mol. The van der Waals surface area contributed by atoms with Gasteiger partial charge in [-0.05, 0) is 76.1 Å². The van der Waals surface area contributed by atoms with E-state index in [0.29, 0.717) is 61.1 Å². The van der Waals surface area contributed by atoms with Crippen LogP contribution >= 0.6 is 43.6 Å². The molecule has 2 aliphatic heterocycles. The normalized spacial score (nSPS) is 17.1. The standard InChI is InChI=1S/C25H24Br2N2O6S/c1-2-34-20-12-17(11-19(27)23(20)35-15-16-3-5-18(26)6-4-16)13-21-24(31)29(25(32)36-21)14-22(30)28-7-9-33-10-8-28/h3-6,11-13H,2,7-10,14-15H2,1H3/b21-13+. The Labute approximate surface area is 230 Å². The molecule has 8 nitrogen and oxygen atoms in total. The van der Waals surface area contributed by atoms with Crippen LogP contribution in [0, 0.1) is 0 Å². The fourth-order valence-electron chi connectivity index (χ4n) is 3.65. The second-order valence-electron chi connectivity index (χ2n) is 7.94. The Bertz CT molecular complexity index is 1180. The van der Waals surface area contributed by atoms with Crippen LogP contribution in [-0.4, -0.2) is 66.3 Å². The molecule has 0 radical (unpaired) electrons. The second-order valence-corrected chi connectivity index (χ2v) is 10.7. The summed E-state index contributed by atoms with van der Waals surface area (Å²) >= 11 is 7.79. The number of halogens is 2. The highest BCUT2D eigenvalue weighted by molar-refractivity contribution is 9.10. The van der Waals surface area contributed by atoms with Gasteiger partial charge in [0, 0.05) is 17.6 Å². The lowest BCUT2D eigenvalue weighted by molar-refractivity contribution is -0.139. The predicted octanol–water partition coefficient (Wildman–Crippen LogP) is 5.08. The topological polar surface area (TPSA) is 85.4 Å². The number of thioether (sulfide) groups is 1. The molecule has 0 aliphatic carbocycles. The molecule has 0 saturated carbocycles. The van der Waals surface area contributed by atoms with E-state index in [-0.39, 0.29) is 17.4 Å². The van der Waals surface area contributed by atoms with Crippen LogP contribution in [0.15, 0.2) is 50.2 Å². The molecule has 2 aromatic rings. The first-order valence-electron chi connectivity index (χ1n) is 11.3. The molecule has 0 aromatic heterocycles. The monoisotopic (exact) mass is 638 g/mol. The highest BCUT2D eigenvalue weighted by Crippen LogP contribution is 2.39. The van der Waals surface area contributed by atoms with Crippen molar-refractivity contribution in [1.82, 2.24) is 9.80 Å². The summed E-state index contributed by atoms with van der Waals surface area (Å²) in [6.07, 6.45) is 1.62. The molecule has 3 amide bonds. The van der Waals surface area contributed by atoms with E-state index in [4.69, 9.17) is 14.2 Å². The van der Waals surface area contributed by atoms with Gasteiger partial charge in [0.1, 0.15) is 13.2 Å². The van der Waals surface area contributed by atoms with E-state index in [2.05, 4.69) is 31.9 Å². The number of benzene rings is 2. The van der Waals surface area contributed by atoms with Crippen LogP contribution in [0.25, 0.3) is 6.08 Å². The fraction of sp³-hybridized carbons (Fsp3) is 0.320. The lowest BCUT2D eigenvalue weighted by atomic mass is 10.1. The number of amides is 3. The number of hydrogen-bond donors (Lipinski definition) is 0. The van der Waals surface area contributed by atoms with Gasteiger partial charge in [-0.25, -0.2) is 0 Å². The molecule has 2 aromatic carbocycles. The van der Waals surface area contributed by atoms with Crippen molar-refractivity contribution in [2.75, 3.05) is 39.5 Å². The van der Waals surface area contributed by atoms with Gasteiger partial charge in [0.05, 0.1) is 29.2 Å². The number of imide groups is 1. The van der Waals surface area contributed by atoms with Crippen molar-refractivity contribution in [3.8, 4) is 11.5 Å². The van der Waals surface area contributed by atoms with Crippen LogP contribution in [0.4, 0.5) is 4.79 Å². The second kappa shape index (κ2) is 12.3. The maximum absolute atomic E-state index is 12.9. The van der Waals surface area contributed by atoms with E-state index in [1.165, 1.54) is 0 Å². The van der Waals surface area contributed by atoms with Crippen LogP contribution < -0.4 is 9.47 Å². The van der Waals surface area contributed by atoms with Gasteiger partial charge in [0.25, 0.3) is 11.1 Å². The zero-order valence-electron chi connectivity index (χ0n) is 19.5. The molecule has 2 saturated heterocycles. The van der Waals surface area contributed by atoms with Gasteiger partial charge in [0.2, 0.25) is 5.91 Å². The number of hydrogen-bond acceptors (Lipinski definition) is 7. The number of carbonyl (C=O) groups is 3. The third-order valence-electron chi connectivity index (χ3n) is 5.46. The Morgan fingerprint density at radius 2 is 1.83 bits per heavy atom. The summed E-state index contributed by atoms with van der Waals surface area (Å²) in [5.41, 5.74) is 1.66. The smallest absolute Gasteiger partial charge is 0.294 e. The van der Waals surface area contributed by atoms with Crippen LogP contribution in [-0.2, 0) is 20.9 Å². The summed E-state index contributed by atoms with van der Waals surface area (Å²) in [7, 11) is 0. The van der Waals surface area contributed by atoms with Gasteiger partial charge in [-0.1, -0.05) is 28.1 Å². The quantitative estimate of drug-likeness (QED) is 0.372. The van der Waals surface area contributed by atoms with Gasteiger partial charge >= 0.3 is 0 Å². The lowest BCUT2D eigenvalue weighted by Gasteiger charge is -2.28. The average molecular weight is 640 g/mol. The summed E-state index contributed by atoms with van der Waals surface area (Å²) in [6.45, 7) is 4.17. The Morgan fingerprint density at radius 3 is 2.53 bits per heavy atom. The highest BCUT2D eigenvalue weighted by Gasteiger charge is 2.37. The molecule has 2 aliphatic rings. The van der Waals surface area contributed by atoms with Crippen molar-refractivity contribution in [2.45, 2.75) is 13.5 Å². The molecule has 0 N–H and O–H groups in total. The zero-order chi connectivity index (χ0) is 25.7. The minimum Gasteiger partial charge on any atom is -0.490 e. The largest absolute Gasteiger partial charge is 0.490 e. The SMILES string of the molecule is CCOc1cc(/C=C2/SC(=O)N(CC(=O)N3CCOCC3)C2=O)cc(Br)c1OCc1ccc(Br)cc1. The minimum absolute atomic E-state index is 0.243. The zero-order valence-corrected chi connectivity index (χ0v) is 23.5. The summed E-state index contributed by atoms with van der Waals surface area (Å²) in [4.78, 5) is 40.8. The van der Waals surface area contributed by atoms with Crippen molar-refractivity contribution in [2.24, 2.45) is 0 Å². The van der Waals surface area contributed by atoms with Gasteiger partial charge in [-0.3, -0.25) is 19.3 Å². The van der Waals surface area contributed by atoms with E-state index < -0.39 is 11.1 Å². The lowest BCUT2D eigenvalue weighted by Crippen LogP contribution is -2.46. The summed E-state index contributed by atoms with van der Waals surface area (Å²) in [5.74, 6) is 0.296. The Kier molecular flexibility index (Phi) is 9.10. The molecule has 36 heavy (non-hydrogen) atoms. The minimum atomic E-state index is -0.490. The third-order valence-corrected chi connectivity index (χ3v) is 7.48. The van der Waals surface area contributed by atoms with E-state index in [9.17, 15) is 14.4 Å². The van der Waals surface area contributed by atoms with Crippen molar-refractivity contribution in [3.63, 3.8) is 0 Å². The van der Waals surface area contributed by atoms with E-state index in [1.54, 1.807) is 23.1 Å².